The molecular weight excluding hydrogens is 436 g/mol. The number of anilines is 2. The smallest absolute Gasteiger partial charge is 0.344 e. The second-order valence-corrected chi connectivity index (χ2v) is 7.46. The van der Waals surface area contributed by atoms with E-state index in [4.69, 9.17) is 9.84 Å². The second-order valence-electron chi connectivity index (χ2n) is 7.46. The summed E-state index contributed by atoms with van der Waals surface area (Å²) in [6.07, 6.45) is 0.364. The molecule has 3 aromatic carbocycles. The van der Waals surface area contributed by atoms with E-state index in [9.17, 15) is 19.2 Å². The molecule has 8 nitrogen and oxygen atoms in total. The van der Waals surface area contributed by atoms with Crippen LogP contribution in [-0.2, 0) is 14.4 Å². The Morgan fingerprint density at radius 1 is 0.794 bits per heavy atom. The number of imide groups is 2. The molecule has 4 amide bonds. The number of benzene rings is 3. The zero-order valence-corrected chi connectivity index (χ0v) is 18.1. The molecule has 8 heteroatoms. The Hall–Kier alpha value is -4.72. The number of carboxylic acid groups (broad SMARTS) is 1. The lowest BCUT2D eigenvalue weighted by Gasteiger charge is -2.33. The first-order chi connectivity index (χ1) is 16.4. The first-order valence-electron chi connectivity index (χ1n) is 10.4. The maximum Gasteiger partial charge on any atom is 0.344 e. The Morgan fingerprint density at radius 2 is 1.26 bits per heavy atom. The monoisotopic (exact) mass is 456 g/mol. The molecule has 0 spiro atoms. The molecule has 0 radical (unpaired) electrons. The van der Waals surface area contributed by atoms with E-state index in [1.54, 1.807) is 84.9 Å². The number of carbonyl (C=O) groups excluding carboxylic acids is 3. The molecule has 1 fully saturated rings. The molecule has 4 rings (SSSR count). The van der Waals surface area contributed by atoms with Crippen LogP contribution in [0.3, 0.4) is 0 Å². The third kappa shape index (κ3) is 4.42. The first-order valence-corrected chi connectivity index (χ1v) is 10.4. The maximum absolute atomic E-state index is 13.3. The SMILES string of the molecule is C[C@H](Oc1ccc(C=C2C(=O)N(c3ccccc3)C(=O)N(c3ccccc3)C2=O)cc1)C(=O)O. The molecule has 1 aliphatic heterocycles. The van der Waals surface area contributed by atoms with E-state index in [1.165, 1.54) is 13.0 Å². The van der Waals surface area contributed by atoms with Crippen LogP contribution < -0.4 is 14.5 Å². The number of rotatable bonds is 6. The summed E-state index contributed by atoms with van der Waals surface area (Å²) in [5, 5.41) is 8.99. The quantitative estimate of drug-likeness (QED) is 0.442. The average Bonchev–Trinajstić information content (AvgIpc) is 2.84. The fraction of sp³-hybridized carbons (Fsp3) is 0.0769. The van der Waals surface area contributed by atoms with E-state index in [0.717, 1.165) is 9.80 Å². The molecule has 0 unspecified atom stereocenters. The lowest BCUT2D eigenvalue weighted by atomic mass is 10.0. The number of ether oxygens (including phenoxy) is 1. The van der Waals surface area contributed by atoms with Gasteiger partial charge in [0.1, 0.15) is 11.3 Å². The summed E-state index contributed by atoms with van der Waals surface area (Å²) in [7, 11) is 0. The van der Waals surface area contributed by atoms with Gasteiger partial charge in [-0.3, -0.25) is 9.59 Å². The van der Waals surface area contributed by atoms with Crippen LogP contribution in [0.5, 0.6) is 5.75 Å². The molecule has 3 aromatic rings. The fourth-order valence-corrected chi connectivity index (χ4v) is 3.40. The first kappa shape index (κ1) is 22.5. The number of urea groups is 1. The van der Waals surface area contributed by atoms with Crippen molar-refractivity contribution in [3.63, 3.8) is 0 Å². The summed E-state index contributed by atoms with van der Waals surface area (Å²) in [6.45, 7) is 1.41. The van der Waals surface area contributed by atoms with Crippen molar-refractivity contribution in [2.75, 3.05) is 9.80 Å². The summed E-state index contributed by atoms with van der Waals surface area (Å²) >= 11 is 0. The predicted molar refractivity (Wildman–Crippen MR) is 125 cm³/mol. The van der Waals surface area contributed by atoms with Gasteiger partial charge in [0.25, 0.3) is 11.8 Å². The standard InChI is InChI=1S/C26H20N2O6/c1-17(25(31)32)34-21-14-12-18(13-15-21)16-22-23(29)27(19-8-4-2-5-9-19)26(33)28(24(22)30)20-10-6-3-7-11-20/h2-17H,1H3,(H,31,32)/t17-/m0/s1. The van der Waals surface area contributed by atoms with E-state index in [1.807, 2.05) is 0 Å². The highest BCUT2D eigenvalue weighted by atomic mass is 16.5. The van der Waals surface area contributed by atoms with Gasteiger partial charge in [0.05, 0.1) is 11.4 Å². The molecule has 170 valence electrons. The van der Waals surface area contributed by atoms with Crippen LogP contribution in [0, 0.1) is 0 Å². The van der Waals surface area contributed by atoms with Crippen molar-refractivity contribution >= 4 is 41.3 Å². The van der Waals surface area contributed by atoms with Gasteiger partial charge in [0, 0.05) is 0 Å². The highest BCUT2D eigenvalue weighted by Gasteiger charge is 2.43. The van der Waals surface area contributed by atoms with E-state index in [-0.39, 0.29) is 5.57 Å². The summed E-state index contributed by atoms with van der Waals surface area (Å²) < 4.78 is 5.31. The molecular formula is C26H20N2O6. The van der Waals surface area contributed by atoms with Gasteiger partial charge >= 0.3 is 12.0 Å². The van der Waals surface area contributed by atoms with Crippen molar-refractivity contribution in [2.24, 2.45) is 0 Å². The molecule has 1 heterocycles. The largest absolute Gasteiger partial charge is 0.479 e. The Balaban J connectivity index is 1.74. The Bertz CT molecular complexity index is 1210. The molecule has 1 N–H and O–H groups in total. The summed E-state index contributed by atoms with van der Waals surface area (Å²) in [5.41, 5.74) is 0.980. The van der Waals surface area contributed by atoms with Gasteiger partial charge in [0.2, 0.25) is 0 Å². The molecule has 1 aliphatic rings. The second kappa shape index (κ2) is 9.41. The van der Waals surface area contributed by atoms with Crippen LogP contribution >= 0.6 is 0 Å². The van der Waals surface area contributed by atoms with Crippen LogP contribution in [0.15, 0.2) is 90.5 Å². The lowest BCUT2D eigenvalue weighted by Crippen LogP contribution is -2.57. The molecule has 0 saturated carbocycles. The zero-order valence-electron chi connectivity index (χ0n) is 18.1. The normalized spacial score (nSPS) is 14.7. The molecule has 0 aromatic heterocycles. The van der Waals surface area contributed by atoms with Crippen molar-refractivity contribution in [3.05, 3.63) is 96.1 Å². The number of carboxylic acids is 1. The van der Waals surface area contributed by atoms with E-state index in [0.29, 0.717) is 22.7 Å². The number of aliphatic carboxylic acids is 1. The van der Waals surface area contributed by atoms with Crippen LogP contribution in [0.25, 0.3) is 6.08 Å². The minimum absolute atomic E-state index is 0.195. The number of carbonyl (C=O) groups is 4. The summed E-state index contributed by atoms with van der Waals surface area (Å²) in [5.74, 6) is -2.26. The summed E-state index contributed by atoms with van der Waals surface area (Å²) in [4.78, 5) is 52.8. The van der Waals surface area contributed by atoms with Crippen molar-refractivity contribution in [3.8, 4) is 5.75 Å². The fourth-order valence-electron chi connectivity index (χ4n) is 3.40. The molecule has 0 aliphatic carbocycles. The van der Waals surface area contributed by atoms with Gasteiger partial charge in [0.15, 0.2) is 6.10 Å². The number of amides is 4. The highest BCUT2D eigenvalue weighted by molar-refractivity contribution is 6.46. The van der Waals surface area contributed by atoms with Crippen molar-refractivity contribution in [2.45, 2.75) is 13.0 Å². The molecule has 0 bridgehead atoms. The predicted octanol–water partition coefficient (Wildman–Crippen LogP) is 4.12. The third-order valence-electron chi connectivity index (χ3n) is 5.13. The van der Waals surface area contributed by atoms with Crippen LogP contribution in [0.1, 0.15) is 12.5 Å². The minimum Gasteiger partial charge on any atom is -0.479 e. The number of barbiturate groups is 1. The zero-order chi connectivity index (χ0) is 24.2. The van der Waals surface area contributed by atoms with E-state index < -0.39 is 29.9 Å². The Kier molecular flexibility index (Phi) is 6.22. The third-order valence-corrected chi connectivity index (χ3v) is 5.13. The average molecular weight is 456 g/mol. The van der Waals surface area contributed by atoms with E-state index in [2.05, 4.69) is 0 Å². The number of hydrogen-bond donors (Lipinski definition) is 1. The van der Waals surface area contributed by atoms with Crippen LogP contribution in [0.2, 0.25) is 0 Å². The van der Waals surface area contributed by atoms with Gasteiger partial charge < -0.3 is 9.84 Å². The van der Waals surface area contributed by atoms with Crippen LogP contribution in [0.4, 0.5) is 16.2 Å². The van der Waals surface area contributed by atoms with Gasteiger partial charge in [-0.05, 0) is 55.0 Å². The van der Waals surface area contributed by atoms with Gasteiger partial charge in [-0.15, -0.1) is 0 Å². The van der Waals surface area contributed by atoms with Gasteiger partial charge in [-0.2, -0.15) is 0 Å². The van der Waals surface area contributed by atoms with Gasteiger partial charge in [-0.1, -0.05) is 48.5 Å². The topological polar surface area (TPSA) is 104 Å². The molecule has 1 atom stereocenters. The molecule has 1 saturated heterocycles. The Labute approximate surface area is 195 Å². The minimum atomic E-state index is -1.10. The molecule has 34 heavy (non-hydrogen) atoms. The number of nitrogens with zero attached hydrogens (tertiary/aromatic N) is 2. The van der Waals surface area contributed by atoms with Crippen LogP contribution in [-0.4, -0.2) is 35.0 Å². The van der Waals surface area contributed by atoms with Crippen molar-refractivity contribution < 1.29 is 29.0 Å². The van der Waals surface area contributed by atoms with Crippen molar-refractivity contribution in [1.29, 1.82) is 0 Å². The Morgan fingerprint density at radius 3 is 1.71 bits per heavy atom. The van der Waals surface area contributed by atoms with Crippen molar-refractivity contribution in [1.82, 2.24) is 0 Å². The maximum atomic E-state index is 13.3. The summed E-state index contributed by atoms with van der Waals surface area (Å²) in [6, 6.07) is 22.2. The lowest BCUT2D eigenvalue weighted by molar-refractivity contribution is -0.144. The highest BCUT2D eigenvalue weighted by Crippen LogP contribution is 2.29. The number of para-hydroxylation sites is 2. The number of hydrogen-bond acceptors (Lipinski definition) is 5. The van der Waals surface area contributed by atoms with E-state index >= 15 is 0 Å². The van der Waals surface area contributed by atoms with Gasteiger partial charge in [-0.25, -0.2) is 19.4 Å².